The molecule has 5 rings (SSSR count). The molecule has 1 atom stereocenters. The summed E-state index contributed by atoms with van der Waals surface area (Å²) < 4.78 is 0. The predicted molar refractivity (Wildman–Crippen MR) is 129 cm³/mol. The Labute approximate surface area is 208 Å². The Bertz CT molecular complexity index is 834. The number of nitrogens with zero attached hydrogens (tertiary/aromatic N) is 1. The summed E-state index contributed by atoms with van der Waals surface area (Å²) in [5, 5.41) is 7.49. The molecule has 1 saturated heterocycles. The fourth-order valence-electron chi connectivity index (χ4n) is 7.44. The maximum Gasteiger partial charge on any atom is 0.346 e. The van der Waals surface area contributed by atoms with E-state index in [2.05, 4.69) is 10.6 Å². The molecule has 4 saturated carbocycles. The van der Waals surface area contributed by atoms with E-state index in [9.17, 15) is 19.2 Å². The van der Waals surface area contributed by atoms with Crippen LogP contribution in [0, 0.1) is 11.3 Å². The highest BCUT2D eigenvalue weighted by Crippen LogP contribution is 2.50. The van der Waals surface area contributed by atoms with Crippen molar-refractivity contribution >= 4 is 23.7 Å². The first-order chi connectivity index (χ1) is 17.0. The van der Waals surface area contributed by atoms with Crippen molar-refractivity contribution in [1.29, 1.82) is 0 Å². The van der Waals surface area contributed by atoms with E-state index >= 15 is 0 Å². The van der Waals surface area contributed by atoms with E-state index in [-0.39, 0.29) is 23.9 Å². The van der Waals surface area contributed by atoms with Crippen molar-refractivity contribution in [3.05, 3.63) is 0 Å². The van der Waals surface area contributed by atoms with Crippen LogP contribution in [0.25, 0.3) is 0 Å². The van der Waals surface area contributed by atoms with Crippen LogP contribution >= 0.6 is 0 Å². The highest BCUT2D eigenvalue weighted by Gasteiger charge is 2.65. The van der Waals surface area contributed by atoms with Gasteiger partial charge in [-0.15, -0.1) is 0 Å². The van der Waals surface area contributed by atoms with Gasteiger partial charge < -0.3 is 15.5 Å². The zero-order valence-corrected chi connectivity index (χ0v) is 20.9. The number of carbonyl (C=O) groups is 4. The number of hydroxylamine groups is 2. The van der Waals surface area contributed by atoms with Crippen molar-refractivity contribution < 1.29 is 24.0 Å². The van der Waals surface area contributed by atoms with Crippen LogP contribution in [-0.4, -0.2) is 46.4 Å². The summed E-state index contributed by atoms with van der Waals surface area (Å²) in [6.45, 7) is 0. The molecule has 0 bridgehead atoms. The lowest BCUT2D eigenvalue weighted by Crippen LogP contribution is -2.60. The molecule has 194 valence electrons. The minimum Gasteiger partial charge on any atom is -0.353 e. The van der Waals surface area contributed by atoms with E-state index < -0.39 is 28.7 Å². The SMILES string of the molecule is O=C1ON(C2(C(=O)NC3CCCCC3)CCCC2)C(=O)C1C1(C(=O)NC2CCCCC2)CCCC1. The maximum atomic E-state index is 13.9. The second-order valence-corrected chi connectivity index (χ2v) is 11.7. The van der Waals surface area contributed by atoms with Gasteiger partial charge in [0.2, 0.25) is 11.8 Å². The maximum absolute atomic E-state index is 13.9. The summed E-state index contributed by atoms with van der Waals surface area (Å²) in [5.74, 6) is -2.68. The Balaban J connectivity index is 1.37. The van der Waals surface area contributed by atoms with Crippen LogP contribution < -0.4 is 10.6 Å². The molecule has 1 unspecified atom stereocenters. The monoisotopic (exact) mass is 487 g/mol. The van der Waals surface area contributed by atoms with Crippen molar-refractivity contribution in [2.75, 3.05) is 0 Å². The zero-order valence-electron chi connectivity index (χ0n) is 20.9. The van der Waals surface area contributed by atoms with Crippen molar-refractivity contribution in [2.24, 2.45) is 11.3 Å². The van der Waals surface area contributed by atoms with Gasteiger partial charge in [-0.1, -0.05) is 64.2 Å². The largest absolute Gasteiger partial charge is 0.353 e. The van der Waals surface area contributed by atoms with Crippen LogP contribution in [0.1, 0.15) is 116 Å². The number of amides is 3. The lowest BCUT2D eigenvalue weighted by molar-refractivity contribution is -0.204. The third kappa shape index (κ3) is 4.46. The first kappa shape index (κ1) is 24.6. The van der Waals surface area contributed by atoms with Gasteiger partial charge >= 0.3 is 5.97 Å². The fraction of sp³-hybridized carbons (Fsp3) is 0.852. The van der Waals surface area contributed by atoms with Crippen LogP contribution in [0.4, 0.5) is 0 Å². The third-order valence-corrected chi connectivity index (χ3v) is 9.49. The van der Waals surface area contributed by atoms with E-state index in [0.717, 1.165) is 82.1 Å². The Hall–Kier alpha value is -2.12. The lowest BCUT2D eigenvalue weighted by atomic mass is 9.72. The highest BCUT2D eigenvalue weighted by atomic mass is 16.7. The molecular weight excluding hydrogens is 446 g/mol. The summed E-state index contributed by atoms with van der Waals surface area (Å²) in [5.41, 5.74) is -2.22. The minimum absolute atomic E-state index is 0.111. The predicted octanol–water partition coefficient (Wildman–Crippen LogP) is 3.67. The highest BCUT2D eigenvalue weighted by molar-refractivity contribution is 6.09. The van der Waals surface area contributed by atoms with E-state index in [4.69, 9.17) is 4.84 Å². The lowest BCUT2D eigenvalue weighted by Gasteiger charge is -2.37. The van der Waals surface area contributed by atoms with Crippen LogP contribution in [0.15, 0.2) is 0 Å². The summed E-state index contributed by atoms with van der Waals surface area (Å²) in [6, 6.07) is 0.222. The molecule has 1 heterocycles. The summed E-state index contributed by atoms with van der Waals surface area (Å²) in [6.07, 6.45) is 15.7. The Kier molecular flexibility index (Phi) is 7.09. The molecule has 1 aliphatic heterocycles. The van der Waals surface area contributed by atoms with Crippen LogP contribution in [0.3, 0.4) is 0 Å². The standard InChI is InChI=1S/C27H41N3O5/c31-22-21(26(15-7-8-16-26)24(33)28-19-11-3-1-4-12-19)23(32)35-30(22)27(17-9-10-18-27)25(34)29-20-13-5-2-6-14-20/h19-21H,1-18H2,(H,28,33)(H,29,34). The quantitative estimate of drug-likeness (QED) is 0.556. The molecular formula is C27H41N3O5. The molecule has 4 aliphatic carbocycles. The molecule has 0 aromatic rings. The molecule has 5 aliphatic rings. The van der Waals surface area contributed by atoms with Crippen molar-refractivity contribution in [3.8, 4) is 0 Å². The Morgan fingerprint density at radius 2 is 1.17 bits per heavy atom. The van der Waals surface area contributed by atoms with Gasteiger partial charge in [-0.3, -0.25) is 14.4 Å². The average molecular weight is 488 g/mol. The van der Waals surface area contributed by atoms with Crippen molar-refractivity contribution in [2.45, 2.75) is 133 Å². The van der Waals surface area contributed by atoms with Gasteiger partial charge in [-0.25, -0.2) is 4.79 Å². The van der Waals surface area contributed by atoms with E-state index in [1.807, 2.05) is 0 Å². The fourth-order valence-corrected chi connectivity index (χ4v) is 7.44. The molecule has 0 spiro atoms. The average Bonchev–Trinajstić information content (AvgIpc) is 3.61. The van der Waals surface area contributed by atoms with Gasteiger partial charge in [-0.05, 0) is 51.4 Å². The first-order valence-corrected chi connectivity index (χ1v) is 14.1. The van der Waals surface area contributed by atoms with Crippen LogP contribution in [-0.2, 0) is 24.0 Å². The number of carbonyl (C=O) groups excluding carboxylic acids is 4. The van der Waals surface area contributed by atoms with Crippen molar-refractivity contribution in [1.82, 2.24) is 15.7 Å². The van der Waals surface area contributed by atoms with Gasteiger partial charge in [0.25, 0.3) is 5.91 Å². The van der Waals surface area contributed by atoms with Gasteiger partial charge in [-0.2, -0.15) is 5.06 Å². The van der Waals surface area contributed by atoms with Gasteiger partial charge in [0.05, 0.1) is 5.41 Å². The van der Waals surface area contributed by atoms with Crippen LogP contribution in [0.2, 0.25) is 0 Å². The molecule has 8 heteroatoms. The van der Waals surface area contributed by atoms with Crippen LogP contribution in [0.5, 0.6) is 0 Å². The molecule has 5 fully saturated rings. The topological polar surface area (TPSA) is 105 Å². The van der Waals surface area contributed by atoms with E-state index in [1.165, 1.54) is 12.8 Å². The first-order valence-electron chi connectivity index (χ1n) is 14.1. The Morgan fingerprint density at radius 3 is 1.71 bits per heavy atom. The zero-order chi connectivity index (χ0) is 24.5. The third-order valence-electron chi connectivity index (χ3n) is 9.49. The molecule has 0 aromatic carbocycles. The van der Waals surface area contributed by atoms with Crippen molar-refractivity contribution in [3.63, 3.8) is 0 Å². The molecule has 3 amide bonds. The summed E-state index contributed by atoms with van der Waals surface area (Å²) in [4.78, 5) is 60.1. The van der Waals surface area contributed by atoms with E-state index in [1.54, 1.807) is 0 Å². The summed E-state index contributed by atoms with van der Waals surface area (Å²) in [7, 11) is 0. The number of nitrogens with one attached hydrogen (secondary N) is 2. The Morgan fingerprint density at radius 1 is 0.686 bits per heavy atom. The molecule has 8 nitrogen and oxygen atoms in total. The smallest absolute Gasteiger partial charge is 0.346 e. The van der Waals surface area contributed by atoms with Gasteiger partial charge in [0.15, 0.2) is 11.5 Å². The second-order valence-electron chi connectivity index (χ2n) is 11.7. The molecule has 0 aromatic heterocycles. The van der Waals surface area contributed by atoms with Gasteiger partial charge in [0, 0.05) is 12.1 Å². The molecule has 0 radical (unpaired) electrons. The van der Waals surface area contributed by atoms with Gasteiger partial charge in [0.1, 0.15) is 0 Å². The number of hydrogen-bond acceptors (Lipinski definition) is 5. The molecule has 35 heavy (non-hydrogen) atoms. The number of rotatable bonds is 6. The summed E-state index contributed by atoms with van der Waals surface area (Å²) >= 11 is 0. The molecule has 2 N–H and O–H groups in total. The second kappa shape index (κ2) is 10.1. The van der Waals surface area contributed by atoms with E-state index in [0.29, 0.717) is 25.7 Å². The number of hydrogen-bond donors (Lipinski definition) is 2. The normalized spacial score (nSPS) is 29.3. The minimum atomic E-state index is -1.16.